The molecule has 138 valence electrons. The van der Waals surface area contributed by atoms with E-state index in [0.29, 0.717) is 5.56 Å². The second kappa shape index (κ2) is 9.61. The Morgan fingerprint density at radius 2 is 1.62 bits per heavy atom. The highest BCUT2D eigenvalue weighted by Crippen LogP contribution is 2.15. The van der Waals surface area contributed by atoms with Gasteiger partial charge in [-0.05, 0) is 50.6 Å². The molecule has 1 atom stereocenters. The van der Waals surface area contributed by atoms with Crippen molar-refractivity contribution in [3.8, 4) is 0 Å². The molecule has 0 saturated carbocycles. The van der Waals surface area contributed by atoms with Gasteiger partial charge in [-0.1, -0.05) is 30.3 Å². The van der Waals surface area contributed by atoms with E-state index in [1.807, 2.05) is 49.4 Å². The number of nitrogens with one attached hydrogen (secondary N) is 1. The van der Waals surface area contributed by atoms with Crippen molar-refractivity contribution in [2.45, 2.75) is 26.8 Å². The lowest BCUT2D eigenvalue weighted by molar-refractivity contribution is -0.124. The molecular weight excluding hydrogens is 328 g/mol. The molecule has 0 fully saturated rings. The van der Waals surface area contributed by atoms with Gasteiger partial charge in [0, 0.05) is 18.8 Å². The number of rotatable bonds is 8. The second-order valence-corrected chi connectivity index (χ2v) is 6.00. The molecule has 0 aliphatic heterocycles. The van der Waals surface area contributed by atoms with Crippen molar-refractivity contribution in [3.05, 3.63) is 65.7 Å². The number of anilines is 1. The normalized spacial score (nSPS) is 11.5. The molecule has 0 radical (unpaired) electrons. The van der Waals surface area contributed by atoms with Crippen molar-refractivity contribution >= 4 is 17.6 Å². The highest BCUT2D eigenvalue weighted by molar-refractivity contribution is 5.91. The fraction of sp³-hybridized carbons (Fsp3) is 0.333. The Kier molecular flexibility index (Phi) is 7.21. The Morgan fingerprint density at radius 3 is 2.19 bits per heavy atom. The zero-order chi connectivity index (χ0) is 18.9. The van der Waals surface area contributed by atoms with Crippen LogP contribution in [0.5, 0.6) is 0 Å². The van der Waals surface area contributed by atoms with E-state index in [0.717, 1.165) is 24.3 Å². The summed E-state index contributed by atoms with van der Waals surface area (Å²) >= 11 is 0. The predicted octanol–water partition coefficient (Wildman–Crippen LogP) is 3.57. The summed E-state index contributed by atoms with van der Waals surface area (Å²) < 4.78 is 5.12. The molecule has 0 spiro atoms. The standard InChI is InChI=1S/C21H26N2O3/c1-4-23(5-2)19-13-11-18(12-14-19)21(25)26-15-20(24)22-16(3)17-9-7-6-8-10-17/h6-14,16H,4-5,15H2,1-3H3,(H,22,24). The molecule has 1 unspecified atom stereocenters. The maximum absolute atomic E-state index is 12.1. The molecule has 2 rings (SSSR count). The van der Waals surface area contributed by atoms with Crippen LogP contribution in [0, 0.1) is 0 Å². The first-order valence-electron chi connectivity index (χ1n) is 8.91. The number of hydrogen-bond donors (Lipinski definition) is 1. The van der Waals surface area contributed by atoms with Crippen LogP contribution in [0.25, 0.3) is 0 Å². The smallest absolute Gasteiger partial charge is 0.338 e. The first-order valence-corrected chi connectivity index (χ1v) is 8.91. The first kappa shape index (κ1) is 19.5. The summed E-state index contributed by atoms with van der Waals surface area (Å²) in [5.74, 6) is -0.826. The number of amides is 1. The van der Waals surface area contributed by atoms with Gasteiger partial charge in [0.2, 0.25) is 0 Å². The SMILES string of the molecule is CCN(CC)c1ccc(C(=O)OCC(=O)NC(C)c2ccccc2)cc1. The molecule has 0 bridgehead atoms. The van der Waals surface area contributed by atoms with Crippen LogP contribution in [0.2, 0.25) is 0 Å². The van der Waals surface area contributed by atoms with Gasteiger partial charge in [0.1, 0.15) is 0 Å². The van der Waals surface area contributed by atoms with Crippen LogP contribution in [0.15, 0.2) is 54.6 Å². The Balaban J connectivity index is 1.85. The van der Waals surface area contributed by atoms with E-state index >= 15 is 0 Å². The van der Waals surface area contributed by atoms with Crippen molar-refractivity contribution in [1.82, 2.24) is 5.32 Å². The van der Waals surface area contributed by atoms with Crippen molar-refractivity contribution in [2.75, 3.05) is 24.6 Å². The van der Waals surface area contributed by atoms with Gasteiger partial charge in [0.05, 0.1) is 11.6 Å². The van der Waals surface area contributed by atoms with Crippen LogP contribution in [-0.4, -0.2) is 31.6 Å². The van der Waals surface area contributed by atoms with E-state index in [1.165, 1.54) is 0 Å². The third kappa shape index (κ3) is 5.34. The Bertz CT molecular complexity index is 710. The van der Waals surface area contributed by atoms with E-state index in [9.17, 15) is 9.59 Å². The zero-order valence-electron chi connectivity index (χ0n) is 15.6. The molecular formula is C21H26N2O3. The van der Waals surface area contributed by atoms with Crippen LogP contribution < -0.4 is 10.2 Å². The number of esters is 1. The van der Waals surface area contributed by atoms with Crippen molar-refractivity contribution < 1.29 is 14.3 Å². The predicted molar refractivity (Wildman–Crippen MR) is 103 cm³/mol. The first-order chi connectivity index (χ1) is 12.5. The summed E-state index contributed by atoms with van der Waals surface area (Å²) in [6.07, 6.45) is 0. The Morgan fingerprint density at radius 1 is 1.00 bits per heavy atom. The molecule has 1 amide bonds. The summed E-state index contributed by atoms with van der Waals surface area (Å²) in [7, 11) is 0. The van der Waals surface area contributed by atoms with Crippen LogP contribution in [0.4, 0.5) is 5.69 Å². The van der Waals surface area contributed by atoms with Gasteiger partial charge >= 0.3 is 5.97 Å². The average molecular weight is 354 g/mol. The number of ether oxygens (including phenoxy) is 1. The minimum Gasteiger partial charge on any atom is -0.452 e. The molecule has 2 aromatic rings. The third-order valence-corrected chi connectivity index (χ3v) is 4.24. The molecule has 26 heavy (non-hydrogen) atoms. The molecule has 0 aliphatic rings. The van der Waals surface area contributed by atoms with E-state index in [1.54, 1.807) is 12.1 Å². The fourth-order valence-corrected chi connectivity index (χ4v) is 2.72. The molecule has 0 heterocycles. The number of hydrogen-bond acceptors (Lipinski definition) is 4. The zero-order valence-corrected chi connectivity index (χ0v) is 15.6. The third-order valence-electron chi connectivity index (χ3n) is 4.24. The summed E-state index contributed by atoms with van der Waals surface area (Å²) in [5, 5.41) is 2.82. The van der Waals surface area contributed by atoms with E-state index in [2.05, 4.69) is 24.1 Å². The van der Waals surface area contributed by atoms with Gasteiger partial charge in [-0.15, -0.1) is 0 Å². The van der Waals surface area contributed by atoms with Crippen molar-refractivity contribution in [2.24, 2.45) is 0 Å². The summed E-state index contributed by atoms with van der Waals surface area (Å²) in [4.78, 5) is 26.3. The van der Waals surface area contributed by atoms with Gasteiger partial charge in [0.25, 0.3) is 5.91 Å². The Hall–Kier alpha value is -2.82. The molecule has 5 nitrogen and oxygen atoms in total. The molecule has 5 heteroatoms. The number of benzene rings is 2. The summed E-state index contributed by atoms with van der Waals surface area (Å²) in [6.45, 7) is 7.57. The largest absolute Gasteiger partial charge is 0.452 e. The van der Waals surface area contributed by atoms with Crippen LogP contribution >= 0.6 is 0 Å². The average Bonchev–Trinajstić information content (AvgIpc) is 2.68. The fourth-order valence-electron chi connectivity index (χ4n) is 2.72. The monoisotopic (exact) mass is 354 g/mol. The maximum Gasteiger partial charge on any atom is 0.338 e. The maximum atomic E-state index is 12.1. The van der Waals surface area contributed by atoms with E-state index in [4.69, 9.17) is 4.74 Å². The molecule has 0 aromatic heterocycles. The van der Waals surface area contributed by atoms with Gasteiger partial charge in [-0.25, -0.2) is 4.79 Å². The molecule has 1 N–H and O–H groups in total. The van der Waals surface area contributed by atoms with E-state index in [-0.39, 0.29) is 18.6 Å². The highest BCUT2D eigenvalue weighted by Gasteiger charge is 2.13. The lowest BCUT2D eigenvalue weighted by Gasteiger charge is -2.21. The minimum atomic E-state index is -0.501. The van der Waals surface area contributed by atoms with Crippen LogP contribution in [0.3, 0.4) is 0 Å². The number of carbonyl (C=O) groups is 2. The highest BCUT2D eigenvalue weighted by atomic mass is 16.5. The van der Waals surface area contributed by atoms with Gasteiger partial charge in [-0.2, -0.15) is 0 Å². The van der Waals surface area contributed by atoms with Gasteiger partial charge < -0.3 is 15.0 Å². The van der Waals surface area contributed by atoms with Crippen molar-refractivity contribution in [1.29, 1.82) is 0 Å². The van der Waals surface area contributed by atoms with Crippen LogP contribution in [-0.2, 0) is 9.53 Å². The minimum absolute atomic E-state index is 0.143. The molecule has 0 aliphatic carbocycles. The van der Waals surface area contributed by atoms with Crippen molar-refractivity contribution in [3.63, 3.8) is 0 Å². The quantitative estimate of drug-likeness (QED) is 0.736. The number of carbonyl (C=O) groups excluding carboxylic acids is 2. The van der Waals surface area contributed by atoms with E-state index < -0.39 is 5.97 Å². The lowest BCUT2D eigenvalue weighted by Crippen LogP contribution is -2.31. The molecule has 2 aromatic carbocycles. The number of nitrogens with zero attached hydrogens (tertiary/aromatic N) is 1. The van der Waals surface area contributed by atoms with Gasteiger partial charge in [-0.3, -0.25) is 4.79 Å². The lowest BCUT2D eigenvalue weighted by atomic mass is 10.1. The summed E-state index contributed by atoms with van der Waals surface area (Å²) in [5.41, 5.74) is 2.49. The Labute approximate surface area is 155 Å². The topological polar surface area (TPSA) is 58.6 Å². The van der Waals surface area contributed by atoms with Crippen LogP contribution in [0.1, 0.15) is 42.7 Å². The second-order valence-electron chi connectivity index (χ2n) is 6.00. The molecule has 0 saturated heterocycles. The summed E-state index contributed by atoms with van der Waals surface area (Å²) in [6, 6.07) is 16.7. The van der Waals surface area contributed by atoms with Gasteiger partial charge in [0.15, 0.2) is 6.61 Å².